The summed E-state index contributed by atoms with van der Waals surface area (Å²) in [5.41, 5.74) is 4.74. The van der Waals surface area contributed by atoms with Crippen molar-refractivity contribution in [1.29, 1.82) is 0 Å². The fraction of sp³-hybridized carbons (Fsp3) is 0.391. The van der Waals surface area contributed by atoms with Crippen LogP contribution in [0.1, 0.15) is 34.0 Å². The molecule has 1 N–H and O–H groups in total. The lowest BCUT2D eigenvalue weighted by atomic mass is 10.0. The smallest absolute Gasteiger partial charge is 0.255 e. The number of amides is 2. The summed E-state index contributed by atoms with van der Waals surface area (Å²) in [6.45, 7) is 10.4. The molecule has 154 valence electrons. The molecule has 0 radical (unpaired) electrons. The van der Waals surface area contributed by atoms with Crippen LogP contribution in [0.5, 0.6) is 0 Å². The molecule has 5 nitrogen and oxygen atoms in total. The van der Waals surface area contributed by atoms with Gasteiger partial charge >= 0.3 is 0 Å². The normalized spacial score (nSPS) is 15.8. The van der Waals surface area contributed by atoms with Crippen molar-refractivity contribution in [2.24, 2.45) is 0 Å². The highest BCUT2D eigenvalue weighted by Gasteiger charge is 2.28. The van der Waals surface area contributed by atoms with Gasteiger partial charge in [0.15, 0.2) is 0 Å². The highest BCUT2D eigenvalue weighted by Crippen LogP contribution is 2.23. The number of nitrogens with one attached hydrogen (secondary N) is 1. The average molecular weight is 414 g/mol. The molecule has 29 heavy (non-hydrogen) atoms. The van der Waals surface area contributed by atoms with E-state index in [1.807, 2.05) is 32.9 Å². The Balaban J connectivity index is 1.60. The number of benzene rings is 2. The molecule has 0 spiro atoms. The summed E-state index contributed by atoms with van der Waals surface area (Å²) in [6.07, 6.45) is 0. The van der Waals surface area contributed by atoms with Crippen molar-refractivity contribution in [3.05, 3.63) is 63.7 Å². The Hall–Kier alpha value is -2.37. The van der Waals surface area contributed by atoms with Gasteiger partial charge in [0.1, 0.15) is 0 Å². The molecule has 0 saturated carbocycles. The van der Waals surface area contributed by atoms with Crippen LogP contribution in [0.2, 0.25) is 5.02 Å². The molecule has 1 atom stereocenters. The summed E-state index contributed by atoms with van der Waals surface area (Å²) in [5, 5.41) is 3.56. The van der Waals surface area contributed by atoms with Crippen LogP contribution in [-0.2, 0) is 4.79 Å². The number of anilines is 1. The standard InChI is InChI=1S/C23H28ClN3O2/c1-15-13-16(2)21(17(3)14-15)25-22(28)18(4)26-9-11-27(12-10-26)23(29)19-7-5-6-8-20(19)24/h5-8,13-14,18H,9-12H2,1-4H3,(H,25,28). The Morgan fingerprint density at radius 3 is 2.17 bits per heavy atom. The largest absolute Gasteiger partial charge is 0.336 e. The molecule has 0 bridgehead atoms. The lowest BCUT2D eigenvalue weighted by molar-refractivity contribution is -0.121. The van der Waals surface area contributed by atoms with Crippen molar-refractivity contribution in [2.75, 3.05) is 31.5 Å². The zero-order valence-corrected chi connectivity index (χ0v) is 18.2. The second-order valence-corrected chi connectivity index (χ2v) is 8.15. The van der Waals surface area contributed by atoms with Crippen LogP contribution >= 0.6 is 11.6 Å². The number of nitrogens with zero attached hydrogens (tertiary/aromatic N) is 2. The van der Waals surface area contributed by atoms with Crippen LogP contribution in [0, 0.1) is 20.8 Å². The molecular formula is C23H28ClN3O2. The lowest BCUT2D eigenvalue weighted by Gasteiger charge is -2.37. The van der Waals surface area contributed by atoms with Gasteiger partial charge in [-0.05, 0) is 51.0 Å². The van der Waals surface area contributed by atoms with E-state index < -0.39 is 0 Å². The Labute approximate surface area is 177 Å². The van der Waals surface area contributed by atoms with Gasteiger partial charge in [-0.1, -0.05) is 41.4 Å². The van der Waals surface area contributed by atoms with E-state index in [0.29, 0.717) is 36.8 Å². The van der Waals surface area contributed by atoms with Gasteiger partial charge in [0.2, 0.25) is 5.91 Å². The van der Waals surface area contributed by atoms with Gasteiger partial charge in [0.05, 0.1) is 16.6 Å². The topological polar surface area (TPSA) is 52.7 Å². The van der Waals surface area contributed by atoms with Crippen LogP contribution in [-0.4, -0.2) is 53.8 Å². The summed E-state index contributed by atoms with van der Waals surface area (Å²) >= 11 is 6.16. The van der Waals surface area contributed by atoms with Crippen LogP contribution in [0.15, 0.2) is 36.4 Å². The molecule has 1 unspecified atom stereocenters. The highest BCUT2D eigenvalue weighted by atomic mass is 35.5. The van der Waals surface area contributed by atoms with Crippen LogP contribution in [0.3, 0.4) is 0 Å². The second-order valence-electron chi connectivity index (χ2n) is 7.75. The molecule has 1 aliphatic rings. The summed E-state index contributed by atoms with van der Waals surface area (Å²) < 4.78 is 0. The number of halogens is 1. The maximum absolute atomic E-state index is 12.8. The minimum absolute atomic E-state index is 0.0223. The number of piperazine rings is 1. The highest BCUT2D eigenvalue weighted by molar-refractivity contribution is 6.33. The number of aryl methyl sites for hydroxylation is 3. The summed E-state index contributed by atoms with van der Waals surface area (Å²) in [7, 11) is 0. The Bertz CT molecular complexity index is 897. The van der Waals surface area contributed by atoms with Crippen molar-refractivity contribution < 1.29 is 9.59 Å². The molecule has 2 aromatic carbocycles. The molecule has 1 fully saturated rings. The first-order valence-corrected chi connectivity index (χ1v) is 10.3. The third-order valence-corrected chi connectivity index (χ3v) is 5.89. The van der Waals surface area contributed by atoms with Crippen molar-refractivity contribution in [1.82, 2.24) is 9.80 Å². The third-order valence-electron chi connectivity index (χ3n) is 5.56. The van der Waals surface area contributed by atoms with Gasteiger partial charge in [-0.25, -0.2) is 0 Å². The molecule has 0 aromatic heterocycles. The molecular weight excluding hydrogens is 386 g/mol. The van der Waals surface area contributed by atoms with Gasteiger partial charge in [0, 0.05) is 31.9 Å². The van der Waals surface area contributed by atoms with Crippen molar-refractivity contribution >= 4 is 29.1 Å². The average Bonchev–Trinajstić information content (AvgIpc) is 2.70. The van der Waals surface area contributed by atoms with Gasteiger partial charge < -0.3 is 10.2 Å². The Kier molecular flexibility index (Phi) is 6.60. The first-order chi connectivity index (χ1) is 13.8. The molecule has 2 aromatic rings. The van der Waals surface area contributed by atoms with Gasteiger partial charge in [-0.15, -0.1) is 0 Å². The quantitative estimate of drug-likeness (QED) is 0.822. The van der Waals surface area contributed by atoms with Gasteiger partial charge in [0.25, 0.3) is 5.91 Å². The fourth-order valence-corrected chi connectivity index (χ4v) is 4.10. The molecule has 1 heterocycles. The van der Waals surface area contributed by atoms with E-state index in [1.165, 1.54) is 5.56 Å². The second kappa shape index (κ2) is 8.97. The van der Waals surface area contributed by atoms with E-state index in [4.69, 9.17) is 11.6 Å². The van der Waals surface area contributed by atoms with Gasteiger partial charge in [-0.3, -0.25) is 14.5 Å². The Morgan fingerprint density at radius 1 is 1.00 bits per heavy atom. The lowest BCUT2D eigenvalue weighted by Crippen LogP contribution is -2.54. The minimum Gasteiger partial charge on any atom is -0.336 e. The maximum Gasteiger partial charge on any atom is 0.255 e. The number of carbonyl (C=O) groups excluding carboxylic acids is 2. The molecule has 0 aliphatic carbocycles. The van der Waals surface area contributed by atoms with E-state index in [2.05, 4.69) is 29.3 Å². The minimum atomic E-state index is -0.271. The van der Waals surface area contributed by atoms with E-state index in [9.17, 15) is 9.59 Å². The number of carbonyl (C=O) groups is 2. The third kappa shape index (κ3) is 4.80. The number of hydrogen-bond donors (Lipinski definition) is 1. The zero-order valence-electron chi connectivity index (χ0n) is 17.5. The number of hydrogen-bond acceptors (Lipinski definition) is 3. The Morgan fingerprint density at radius 2 is 1.59 bits per heavy atom. The molecule has 2 amide bonds. The summed E-state index contributed by atoms with van der Waals surface area (Å²) in [4.78, 5) is 29.5. The molecule has 1 saturated heterocycles. The SMILES string of the molecule is Cc1cc(C)c(NC(=O)C(C)N2CCN(C(=O)c3ccccc3Cl)CC2)c(C)c1. The molecule has 6 heteroatoms. The van der Waals surface area contributed by atoms with Crippen LogP contribution in [0.4, 0.5) is 5.69 Å². The van der Waals surface area contributed by atoms with E-state index in [-0.39, 0.29) is 17.9 Å². The fourth-order valence-electron chi connectivity index (χ4n) is 3.89. The molecule has 1 aliphatic heterocycles. The van der Waals surface area contributed by atoms with Crippen LogP contribution < -0.4 is 5.32 Å². The first kappa shape index (κ1) is 21.3. The van der Waals surface area contributed by atoms with Crippen molar-refractivity contribution in [2.45, 2.75) is 33.7 Å². The maximum atomic E-state index is 12.8. The summed E-state index contributed by atoms with van der Waals surface area (Å²) in [5.74, 6) is -0.0795. The van der Waals surface area contributed by atoms with Crippen LogP contribution in [0.25, 0.3) is 0 Å². The van der Waals surface area contributed by atoms with E-state index in [0.717, 1.165) is 16.8 Å². The molecule has 3 rings (SSSR count). The van der Waals surface area contributed by atoms with E-state index in [1.54, 1.807) is 17.0 Å². The van der Waals surface area contributed by atoms with Crippen molar-refractivity contribution in [3.8, 4) is 0 Å². The predicted molar refractivity (Wildman–Crippen MR) is 118 cm³/mol. The van der Waals surface area contributed by atoms with Crippen molar-refractivity contribution in [3.63, 3.8) is 0 Å². The van der Waals surface area contributed by atoms with E-state index >= 15 is 0 Å². The first-order valence-electron chi connectivity index (χ1n) is 9.94. The zero-order chi connectivity index (χ0) is 21.1. The predicted octanol–water partition coefficient (Wildman–Crippen LogP) is 4.05. The number of rotatable bonds is 4. The monoisotopic (exact) mass is 413 g/mol. The summed E-state index contributed by atoms with van der Waals surface area (Å²) in [6, 6.07) is 11.0. The van der Waals surface area contributed by atoms with Gasteiger partial charge in [-0.2, -0.15) is 0 Å².